The number of benzene rings is 2. The second kappa shape index (κ2) is 6.66. The van der Waals surface area contributed by atoms with Crippen molar-refractivity contribution >= 4 is 21.6 Å². The van der Waals surface area contributed by atoms with E-state index in [1.165, 1.54) is 0 Å². The largest absolute Gasteiger partial charge is 0.493 e. The summed E-state index contributed by atoms with van der Waals surface area (Å²) in [6, 6.07) is 11.6. The lowest BCUT2D eigenvalue weighted by molar-refractivity contribution is 0.285. The van der Waals surface area contributed by atoms with Gasteiger partial charge in [-0.1, -0.05) is 22.0 Å². The summed E-state index contributed by atoms with van der Waals surface area (Å²) < 4.78 is 12.5. The number of nitrogen functional groups attached to an aromatic ring is 1. The molecule has 0 bridgehead atoms. The van der Waals surface area contributed by atoms with E-state index in [1.54, 1.807) is 0 Å². The molecule has 2 aromatic rings. The fourth-order valence-corrected chi connectivity index (χ4v) is 2.23. The molecule has 0 fully saturated rings. The van der Waals surface area contributed by atoms with Crippen molar-refractivity contribution < 1.29 is 9.47 Å². The summed E-state index contributed by atoms with van der Waals surface area (Å²) in [7, 11) is 0. The smallest absolute Gasteiger partial charge is 0.126 e. The average Bonchev–Trinajstić information content (AvgIpc) is 2.42. The van der Waals surface area contributed by atoms with Crippen LogP contribution in [-0.2, 0) is 6.61 Å². The van der Waals surface area contributed by atoms with Gasteiger partial charge in [0.1, 0.15) is 18.1 Å². The van der Waals surface area contributed by atoms with Crippen molar-refractivity contribution in [1.29, 1.82) is 0 Å². The van der Waals surface area contributed by atoms with Gasteiger partial charge in [0.05, 0.1) is 6.61 Å². The highest BCUT2D eigenvalue weighted by Crippen LogP contribution is 2.27. The first-order valence-corrected chi connectivity index (χ1v) is 7.29. The van der Waals surface area contributed by atoms with Gasteiger partial charge in [-0.3, -0.25) is 0 Å². The molecule has 0 saturated carbocycles. The predicted molar refractivity (Wildman–Crippen MR) is 85.2 cm³/mol. The van der Waals surface area contributed by atoms with E-state index in [1.807, 2.05) is 50.2 Å². The average molecular weight is 336 g/mol. The minimum absolute atomic E-state index is 0.428. The maximum Gasteiger partial charge on any atom is 0.126 e. The zero-order valence-corrected chi connectivity index (χ0v) is 13.2. The van der Waals surface area contributed by atoms with Crippen molar-refractivity contribution in [2.45, 2.75) is 20.5 Å². The molecular formula is C16H18BrNO2. The molecule has 0 heterocycles. The number of ether oxygens (including phenoxy) is 2. The zero-order valence-electron chi connectivity index (χ0n) is 11.7. The van der Waals surface area contributed by atoms with Crippen molar-refractivity contribution in [2.24, 2.45) is 0 Å². The standard InChI is InChI=1S/C16H18BrNO2/c1-3-19-15-7-6-14(18)8-12(15)10-20-16-9-13(17)5-4-11(16)2/h4-9H,3,10,18H2,1-2H3. The molecule has 0 unspecified atom stereocenters. The highest BCUT2D eigenvalue weighted by atomic mass is 79.9. The number of hydrogen-bond donors (Lipinski definition) is 1. The third-order valence-electron chi connectivity index (χ3n) is 2.92. The van der Waals surface area contributed by atoms with Crippen molar-refractivity contribution in [1.82, 2.24) is 0 Å². The minimum atomic E-state index is 0.428. The van der Waals surface area contributed by atoms with Gasteiger partial charge in [-0.15, -0.1) is 0 Å². The van der Waals surface area contributed by atoms with E-state index in [-0.39, 0.29) is 0 Å². The molecule has 0 aliphatic heterocycles. The van der Waals surface area contributed by atoms with Crippen LogP contribution in [0.4, 0.5) is 5.69 Å². The van der Waals surface area contributed by atoms with Crippen LogP contribution in [0.1, 0.15) is 18.1 Å². The van der Waals surface area contributed by atoms with Crippen LogP contribution < -0.4 is 15.2 Å². The fourth-order valence-electron chi connectivity index (χ4n) is 1.89. The predicted octanol–water partition coefficient (Wildman–Crippen LogP) is 4.32. The lowest BCUT2D eigenvalue weighted by Crippen LogP contribution is -2.02. The molecule has 0 amide bonds. The number of hydrogen-bond acceptors (Lipinski definition) is 3. The second-order valence-corrected chi connectivity index (χ2v) is 5.41. The molecule has 0 aliphatic carbocycles. The van der Waals surface area contributed by atoms with Crippen molar-refractivity contribution in [3.05, 3.63) is 52.0 Å². The summed E-state index contributed by atoms with van der Waals surface area (Å²) in [6.45, 7) is 5.02. The lowest BCUT2D eigenvalue weighted by atomic mass is 10.2. The maximum absolute atomic E-state index is 5.88. The third-order valence-corrected chi connectivity index (χ3v) is 3.41. The summed E-state index contributed by atoms with van der Waals surface area (Å²) in [4.78, 5) is 0. The fraction of sp³-hybridized carbons (Fsp3) is 0.250. The van der Waals surface area contributed by atoms with Crippen LogP contribution in [0.2, 0.25) is 0 Å². The summed E-state index contributed by atoms with van der Waals surface area (Å²) in [5.41, 5.74) is 8.58. The molecule has 0 spiro atoms. The molecule has 0 saturated heterocycles. The van der Waals surface area contributed by atoms with E-state index in [0.717, 1.165) is 27.1 Å². The van der Waals surface area contributed by atoms with Crippen LogP contribution in [0.5, 0.6) is 11.5 Å². The van der Waals surface area contributed by atoms with E-state index in [2.05, 4.69) is 15.9 Å². The molecule has 106 valence electrons. The quantitative estimate of drug-likeness (QED) is 0.827. The summed E-state index contributed by atoms with van der Waals surface area (Å²) >= 11 is 3.45. The van der Waals surface area contributed by atoms with Gasteiger partial charge in [-0.05, 0) is 49.7 Å². The van der Waals surface area contributed by atoms with Crippen LogP contribution in [0.15, 0.2) is 40.9 Å². The second-order valence-electron chi connectivity index (χ2n) is 4.50. The van der Waals surface area contributed by atoms with Crippen LogP contribution in [0, 0.1) is 6.92 Å². The molecule has 0 atom stereocenters. The number of halogens is 1. The first-order chi connectivity index (χ1) is 9.60. The maximum atomic E-state index is 5.88. The van der Waals surface area contributed by atoms with Crippen molar-refractivity contribution in [2.75, 3.05) is 12.3 Å². The molecule has 0 radical (unpaired) electrons. The van der Waals surface area contributed by atoms with Crippen LogP contribution >= 0.6 is 15.9 Å². The molecule has 0 aromatic heterocycles. The van der Waals surface area contributed by atoms with Gasteiger partial charge in [0.15, 0.2) is 0 Å². The van der Waals surface area contributed by atoms with Crippen molar-refractivity contribution in [3.8, 4) is 11.5 Å². The molecule has 2 rings (SSSR count). The Morgan fingerprint density at radius 2 is 1.85 bits per heavy atom. The Hall–Kier alpha value is -1.68. The number of rotatable bonds is 5. The van der Waals surface area contributed by atoms with Gasteiger partial charge in [0.2, 0.25) is 0 Å². The van der Waals surface area contributed by atoms with Gasteiger partial charge in [-0.2, -0.15) is 0 Å². The topological polar surface area (TPSA) is 44.5 Å². The van der Waals surface area contributed by atoms with Gasteiger partial charge >= 0.3 is 0 Å². The van der Waals surface area contributed by atoms with E-state index in [9.17, 15) is 0 Å². The summed E-state index contributed by atoms with van der Waals surface area (Å²) in [6.07, 6.45) is 0. The number of nitrogens with two attached hydrogens (primary N) is 1. The van der Waals surface area contributed by atoms with E-state index < -0.39 is 0 Å². The van der Waals surface area contributed by atoms with Crippen molar-refractivity contribution in [3.63, 3.8) is 0 Å². The van der Waals surface area contributed by atoms with E-state index >= 15 is 0 Å². The minimum Gasteiger partial charge on any atom is -0.493 e. The van der Waals surface area contributed by atoms with Gasteiger partial charge < -0.3 is 15.2 Å². The Morgan fingerprint density at radius 1 is 1.05 bits per heavy atom. The Morgan fingerprint density at radius 3 is 2.60 bits per heavy atom. The molecule has 0 aliphatic rings. The first-order valence-electron chi connectivity index (χ1n) is 6.50. The van der Waals surface area contributed by atoms with Crippen LogP contribution in [0.3, 0.4) is 0 Å². The van der Waals surface area contributed by atoms with Gasteiger partial charge in [-0.25, -0.2) is 0 Å². The van der Waals surface area contributed by atoms with E-state index in [0.29, 0.717) is 18.9 Å². The van der Waals surface area contributed by atoms with Crippen LogP contribution in [-0.4, -0.2) is 6.61 Å². The normalized spacial score (nSPS) is 10.3. The molecular weight excluding hydrogens is 318 g/mol. The Balaban J connectivity index is 2.17. The zero-order chi connectivity index (χ0) is 14.5. The SMILES string of the molecule is CCOc1ccc(N)cc1COc1cc(Br)ccc1C. The first kappa shape index (κ1) is 14.7. The molecule has 2 aromatic carbocycles. The highest BCUT2D eigenvalue weighted by molar-refractivity contribution is 9.10. The Labute approximate surface area is 127 Å². The monoisotopic (exact) mass is 335 g/mol. The molecule has 4 heteroatoms. The Bertz CT molecular complexity index is 599. The third kappa shape index (κ3) is 3.67. The Kier molecular flexibility index (Phi) is 4.90. The van der Waals surface area contributed by atoms with E-state index in [4.69, 9.17) is 15.2 Å². The van der Waals surface area contributed by atoms with Crippen LogP contribution in [0.25, 0.3) is 0 Å². The highest BCUT2D eigenvalue weighted by Gasteiger charge is 2.07. The molecule has 20 heavy (non-hydrogen) atoms. The molecule has 3 nitrogen and oxygen atoms in total. The van der Waals surface area contributed by atoms with Gasteiger partial charge in [0, 0.05) is 15.7 Å². The number of aryl methyl sites for hydroxylation is 1. The summed E-state index contributed by atoms with van der Waals surface area (Å²) in [5.74, 6) is 1.67. The lowest BCUT2D eigenvalue weighted by Gasteiger charge is -2.13. The molecule has 2 N–H and O–H groups in total. The number of anilines is 1. The summed E-state index contributed by atoms with van der Waals surface area (Å²) in [5, 5.41) is 0. The van der Waals surface area contributed by atoms with Gasteiger partial charge in [0.25, 0.3) is 0 Å².